The van der Waals surface area contributed by atoms with E-state index in [2.05, 4.69) is 17.9 Å². The van der Waals surface area contributed by atoms with Gasteiger partial charge in [-0.05, 0) is 6.04 Å². The SMILES string of the molecule is O=P(O)(O)OP(=O)(O)OP(=O)(O)OP(=O)(O)O.[2H]c1cn([C@H]2C[C@H](O)[C@@H](CO)O2)c(=O)nc1N. The first-order chi connectivity index (χ1) is 15.1. The van der Waals surface area contributed by atoms with E-state index in [4.69, 9.17) is 46.3 Å². The molecule has 1 aromatic heterocycles. The molecule has 0 aromatic carbocycles. The zero-order valence-corrected chi connectivity index (χ0v) is 19.3. The van der Waals surface area contributed by atoms with Crippen LogP contribution in [-0.4, -0.2) is 67.9 Å². The van der Waals surface area contributed by atoms with E-state index in [9.17, 15) is 28.2 Å². The van der Waals surface area contributed by atoms with Crippen molar-refractivity contribution in [1.82, 2.24) is 9.55 Å². The second-order valence-corrected chi connectivity index (χ2v) is 11.5. The van der Waals surface area contributed by atoms with Gasteiger partial charge < -0.3 is 50.0 Å². The molecule has 2 heterocycles. The van der Waals surface area contributed by atoms with Gasteiger partial charge in [-0.3, -0.25) is 4.57 Å². The molecule has 1 saturated heterocycles. The molecule has 0 amide bonds. The number of hydrogen-bond donors (Lipinski definition) is 9. The Labute approximate surface area is 184 Å². The van der Waals surface area contributed by atoms with Crippen LogP contribution in [0.25, 0.3) is 0 Å². The van der Waals surface area contributed by atoms with Gasteiger partial charge in [0.05, 0.1) is 14.1 Å². The Hall–Kier alpha value is -0.880. The lowest BCUT2D eigenvalue weighted by Crippen LogP contribution is -2.27. The summed E-state index contributed by atoms with van der Waals surface area (Å²) in [6.45, 7) is -0.331. The molecular formula is C9H19N3O17P4. The molecule has 0 saturated carbocycles. The molecule has 5 atom stereocenters. The number of aromatic nitrogens is 2. The molecular weight excluding hydrogens is 546 g/mol. The zero-order chi connectivity index (χ0) is 26.7. The highest BCUT2D eigenvalue weighted by Gasteiger charge is 2.43. The van der Waals surface area contributed by atoms with Gasteiger partial charge in [0.2, 0.25) is 0 Å². The van der Waals surface area contributed by atoms with Crippen LogP contribution in [-0.2, 0) is 35.9 Å². The van der Waals surface area contributed by atoms with Gasteiger partial charge >= 0.3 is 37.0 Å². The van der Waals surface area contributed by atoms with Crippen molar-refractivity contribution in [2.45, 2.75) is 24.9 Å². The minimum atomic E-state index is -5.77. The van der Waals surface area contributed by atoms with Crippen LogP contribution in [0, 0.1) is 0 Å². The number of hydrogen-bond acceptors (Lipinski definition) is 13. The number of aliphatic hydroxyl groups is 2. The maximum Gasteiger partial charge on any atom is 0.490 e. The Balaban J connectivity index is 0.000000340. The van der Waals surface area contributed by atoms with E-state index in [0.717, 1.165) is 4.57 Å². The number of nitrogens with zero attached hydrogens (tertiary/aromatic N) is 2. The van der Waals surface area contributed by atoms with Crippen molar-refractivity contribution < 1.29 is 76.9 Å². The highest BCUT2D eigenvalue weighted by molar-refractivity contribution is 7.69. The fraction of sp³-hybridized carbons (Fsp3) is 0.556. The Morgan fingerprint density at radius 1 is 1.09 bits per heavy atom. The molecule has 33 heavy (non-hydrogen) atoms. The molecule has 1 aliphatic heterocycles. The number of aliphatic hydroxyl groups excluding tert-OH is 2. The minimum absolute atomic E-state index is 0.0878. The quantitative estimate of drug-likeness (QED) is 0.152. The van der Waals surface area contributed by atoms with Crippen LogP contribution in [0.4, 0.5) is 5.82 Å². The maximum absolute atomic E-state index is 11.5. The first-order valence-corrected chi connectivity index (χ1v) is 13.9. The molecule has 1 fully saturated rings. The van der Waals surface area contributed by atoms with Gasteiger partial charge in [-0.1, -0.05) is 0 Å². The Bertz CT molecular complexity index is 1070. The number of ether oxygens (including phenoxy) is 1. The summed E-state index contributed by atoms with van der Waals surface area (Å²) in [4.78, 5) is 64.5. The lowest BCUT2D eigenvalue weighted by molar-refractivity contribution is -0.0458. The second kappa shape index (κ2) is 11.2. The average molecular weight is 566 g/mol. The highest BCUT2D eigenvalue weighted by Crippen LogP contribution is 2.69. The van der Waals surface area contributed by atoms with Gasteiger partial charge in [-0.2, -0.15) is 17.9 Å². The molecule has 0 radical (unpaired) electrons. The third-order valence-electron chi connectivity index (χ3n) is 3.11. The first kappa shape index (κ1) is 28.4. The van der Waals surface area contributed by atoms with Crippen LogP contribution >= 0.6 is 31.3 Å². The fourth-order valence-electron chi connectivity index (χ4n) is 2.07. The molecule has 1 aromatic rings. The average Bonchev–Trinajstić information content (AvgIpc) is 2.93. The topological polar surface area (TPSA) is 328 Å². The summed E-state index contributed by atoms with van der Waals surface area (Å²) in [7, 11) is -22.6. The summed E-state index contributed by atoms with van der Waals surface area (Å²) >= 11 is 0. The predicted octanol–water partition coefficient (Wildman–Crippen LogP) is -2.11. The Morgan fingerprint density at radius 3 is 1.97 bits per heavy atom. The van der Waals surface area contributed by atoms with Crippen LogP contribution in [0.15, 0.2) is 17.0 Å². The van der Waals surface area contributed by atoms with Crippen LogP contribution in [0.1, 0.15) is 14.0 Å². The van der Waals surface area contributed by atoms with E-state index < -0.39 is 55.4 Å². The van der Waals surface area contributed by atoms with Crippen molar-refractivity contribution in [3.8, 4) is 0 Å². The van der Waals surface area contributed by atoms with Gasteiger partial charge in [0, 0.05) is 12.6 Å². The molecule has 24 heteroatoms. The van der Waals surface area contributed by atoms with Gasteiger partial charge in [-0.25, -0.2) is 23.1 Å². The molecule has 0 spiro atoms. The van der Waals surface area contributed by atoms with Crippen molar-refractivity contribution in [2.75, 3.05) is 12.3 Å². The summed E-state index contributed by atoms with van der Waals surface area (Å²) < 4.78 is 64.7. The lowest BCUT2D eigenvalue weighted by atomic mass is 10.2. The first-order valence-electron chi connectivity index (χ1n) is 8.35. The monoisotopic (exact) mass is 566 g/mol. The third kappa shape index (κ3) is 11.4. The molecule has 2 unspecified atom stereocenters. The summed E-state index contributed by atoms with van der Waals surface area (Å²) in [5.74, 6) is -0.150. The summed E-state index contributed by atoms with van der Waals surface area (Å²) in [5.41, 5.74) is 4.68. The standard InChI is InChI=1S/C9H13N3O4.H6O13P4/c10-7-1-2-12(9(15)11-7)8-3-5(14)6(4-13)16-8;1-14(2,3)11-16(7,8)13-17(9,10)12-15(4,5)6/h1-2,5-6,8,13-14H,3-4H2,(H2,10,11,15);(H,7,8)(H,9,10)(H2,1,2,3)(H2,4,5,6)/t5-,6+,8+;/m0./s1/i1D;. The summed E-state index contributed by atoms with van der Waals surface area (Å²) in [6, 6.07) is -0.0878. The summed E-state index contributed by atoms with van der Waals surface area (Å²) in [6.07, 6.45) is -0.924. The molecule has 192 valence electrons. The molecule has 0 aliphatic carbocycles. The molecule has 20 nitrogen and oxygen atoms in total. The van der Waals surface area contributed by atoms with E-state index in [1.807, 2.05) is 0 Å². The Kier molecular flexibility index (Phi) is 9.66. The van der Waals surface area contributed by atoms with Crippen LogP contribution in [0.5, 0.6) is 0 Å². The van der Waals surface area contributed by atoms with Crippen molar-refractivity contribution in [3.63, 3.8) is 0 Å². The van der Waals surface area contributed by atoms with E-state index in [0.29, 0.717) is 0 Å². The van der Waals surface area contributed by atoms with Crippen molar-refractivity contribution in [2.24, 2.45) is 0 Å². The van der Waals surface area contributed by atoms with Crippen LogP contribution in [0.3, 0.4) is 0 Å². The largest absolute Gasteiger partial charge is 0.490 e. The molecule has 1 aliphatic rings. The number of nitrogens with two attached hydrogens (primary N) is 1. The van der Waals surface area contributed by atoms with Gasteiger partial charge in [0.1, 0.15) is 18.1 Å². The maximum atomic E-state index is 11.5. The van der Waals surface area contributed by atoms with E-state index >= 15 is 0 Å². The number of rotatable bonds is 8. The molecule has 0 bridgehead atoms. The van der Waals surface area contributed by atoms with Gasteiger partial charge in [0.15, 0.2) is 0 Å². The van der Waals surface area contributed by atoms with Gasteiger partial charge in [0.25, 0.3) is 0 Å². The van der Waals surface area contributed by atoms with Crippen molar-refractivity contribution >= 4 is 37.1 Å². The van der Waals surface area contributed by atoms with Crippen LogP contribution in [0.2, 0.25) is 0 Å². The number of anilines is 1. The predicted molar refractivity (Wildman–Crippen MR) is 102 cm³/mol. The van der Waals surface area contributed by atoms with E-state index in [-0.39, 0.29) is 24.9 Å². The normalized spacial score (nSPS) is 25.3. The van der Waals surface area contributed by atoms with Gasteiger partial charge in [-0.15, -0.1) is 0 Å². The third-order valence-corrected chi connectivity index (χ3v) is 8.11. The zero-order valence-electron chi connectivity index (χ0n) is 16.7. The highest BCUT2D eigenvalue weighted by atomic mass is 31.3. The second-order valence-electron chi connectivity index (χ2n) is 5.74. The number of nitrogen functional groups attached to an aromatic ring is 1. The minimum Gasteiger partial charge on any atom is -0.394 e. The lowest BCUT2D eigenvalue weighted by Gasteiger charge is -2.15. The number of phosphoric acid groups is 4. The Morgan fingerprint density at radius 2 is 1.58 bits per heavy atom. The summed E-state index contributed by atoms with van der Waals surface area (Å²) in [5, 5.41) is 18.5. The van der Waals surface area contributed by atoms with Crippen molar-refractivity contribution in [1.29, 1.82) is 0 Å². The molecule has 10 N–H and O–H groups in total. The van der Waals surface area contributed by atoms with Crippen LogP contribution < -0.4 is 11.4 Å². The fourth-order valence-corrected chi connectivity index (χ4v) is 6.04. The van der Waals surface area contributed by atoms with Crippen molar-refractivity contribution in [3.05, 3.63) is 22.7 Å². The smallest absolute Gasteiger partial charge is 0.394 e. The van der Waals surface area contributed by atoms with E-state index in [1.54, 1.807) is 0 Å². The van der Waals surface area contributed by atoms with E-state index in [1.165, 1.54) is 6.20 Å². The molecule has 2 rings (SSSR count).